The maximum atomic E-state index is 12.7. The minimum absolute atomic E-state index is 0.00242. The van der Waals surface area contributed by atoms with E-state index in [0.29, 0.717) is 19.4 Å². The van der Waals surface area contributed by atoms with Gasteiger partial charge in [0.15, 0.2) is 5.76 Å². The highest BCUT2D eigenvalue weighted by Gasteiger charge is 2.31. The number of amides is 2. The van der Waals surface area contributed by atoms with Gasteiger partial charge in [-0.05, 0) is 43.5 Å². The Kier molecular flexibility index (Phi) is 4.91. The van der Waals surface area contributed by atoms with Gasteiger partial charge in [-0.1, -0.05) is 12.1 Å². The van der Waals surface area contributed by atoms with Gasteiger partial charge in [0.05, 0.1) is 23.3 Å². The number of hydrogen-bond acceptors (Lipinski definition) is 4. The van der Waals surface area contributed by atoms with Crippen molar-refractivity contribution in [3.8, 4) is 0 Å². The normalized spacial score (nSPS) is 16.7. The molecule has 0 bridgehead atoms. The summed E-state index contributed by atoms with van der Waals surface area (Å²) in [6, 6.07) is 11.2. The summed E-state index contributed by atoms with van der Waals surface area (Å²) in [5.41, 5.74) is 1.92. The van der Waals surface area contributed by atoms with Crippen molar-refractivity contribution in [3.05, 3.63) is 54.2 Å². The highest BCUT2D eigenvalue weighted by Crippen LogP contribution is 2.32. The third kappa shape index (κ3) is 3.72. The maximum Gasteiger partial charge on any atom is 0.286 e. The lowest BCUT2D eigenvalue weighted by Crippen LogP contribution is -2.32. The van der Waals surface area contributed by atoms with Gasteiger partial charge < -0.3 is 19.6 Å². The van der Waals surface area contributed by atoms with Gasteiger partial charge in [0.2, 0.25) is 5.91 Å². The second kappa shape index (κ2) is 7.65. The second-order valence-corrected chi connectivity index (χ2v) is 6.72. The Bertz CT molecular complexity index is 899. The smallest absolute Gasteiger partial charge is 0.286 e. The van der Waals surface area contributed by atoms with Gasteiger partial charge in [0, 0.05) is 19.5 Å². The largest absolute Gasteiger partial charge is 0.459 e. The topological polar surface area (TPSA) is 91.2 Å². The van der Waals surface area contributed by atoms with Crippen molar-refractivity contribution >= 4 is 22.8 Å². The third-order valence-corrected chi connectivity index (χ3v) is 4.89. The Morgan fingerprint density at radius 3 is 2.96 bits per heavy atom. The molecule has 3 aromatic rings. The van der Waals surface area contributed by atoms with E-state index in [9.17, 15) is 9.59 Å². The van der Waals surface area contributed by atoms with Crippen LogP contribution in [0.15, 0.2) is 47.1 Å². The fraction of sp³-hybridized carbons (Fsp3) is 0.350. The number of likely N-dealkylation sites (tertiary alicyclic amines) is 1. The SMILES string of the molecule is O=C(NCCCC(=O)N1CCC[C@H]1c1nc2ccccc2[nH]1)c1ccco1. The van der Waals surface area contributed by atoms with Crippen LogP contribution < -0.4 is 5.32 Å². The van der Waals surface area contributed by atoms with Gasteiger partial charge in [-0.25, -0.2) is 4.98 Å². The molecule has 1 aromatic carbocycles. The van der Waals surface area contributed by atoms with Crippen molar-refractivity contribution in [1.29, 1.82) is 0 Å². The van der Waals surface area contributed by atoms with Crippen LogP contribution in [-0.2, 0) is 4.79 Å². The molecule has 0 unspecified atom stereocenters. The lowest BCUT2D eigenvalue weighted by atomic mass is 10.2. The van der Waals surface area contributed by atoms with Crippen LogP contribution in [0.5, 0.6) is 0 Å². The molecule has 1 atom stereocenters. The first-order valence-electron chi connectivity index (χ1n) is 9.28. The molecule has 2 N–H and O–H groups in total. The number of nitrogens with one attached hydrogen (secondary N) is 2. The summed E-state index contributed by atoms with van der Waals surface area (Å²) in [6.07, 6.45) is 4.34. The van der Waals surface area contributed by atoms with E-state index in [1.807, 2.05) is 29.2 Å². The van der Waals surface area contributed by atoms with Crippen LogP contribution in [0.1, 0.15) is 48.1 Å². The standard InChI is InChI=1S/C20H22N4O3/c25-18(10-3-11-21-20(26)17-9-5-13-27-17)24-12-4-8-16(24)19-22-14-6-1-2-7-15(14)23-19/h1-2,5-7,9,13,16H,3-4,8,10-12H2,(H,21,26)(H,22,23)/t16-/m0/s1. The number of aromatic nitrogens is 2. The Morgan fingerprint density at radius 1 is 1.26 bits per heavy atom. The number of imidazole rings is 1. The minimum Gasteiger partial charge on any atom is -0.459 e. The lowest BCUT2D eigenvalue weighted by molar-refractivity contribution is -0.132. The van der Waals surface area contributed by atoms with Crippen molar-refractivity contribution in [3.63, 3.8) is 0 Å². The predicted molar refractivity (Wildman–Crippen MR) is 100 cm³/mol. The van der Waals surface area contributed by atoms with Gasteiger partial charge in [-0.3, -0.25) is 9.59 Å². The zero-order valence-corrected chi connectivity index (χ0v) is 15.0. The van der Waals surface area contributed by atoms with Crippen LogP contribution in [0.2, 0.25) is 0 Å². The van der Waals surface area contributed by atoms with Crippen LogP contribution in [0.3, 0.4) is 0 Å². The zero-order valence-electron chi connectivity index (χ0n) is 15.0. The number of carbonyl (C=O) groups is 2. The summed E-state index contributed by atoms with van der Waals surface area (Å²) in [5, 5.41) is 2.77. The van der Waals surface area contributed by atoms with E-state index in [2.05, 4.69) is 15.3 Å². The number of hydrogen-bond donors (Lipinski definition) is 2. The molecule has 4 rings (SSSR count). The number of carbonyl (C=O) groups excluding carboxylic acids is 2. The van der Waals surface area contributed by atoms with E-state index in [4.69, 9.17) is 4.42 Å². The highest BCUT2D eigenvalue weighted by molar-refractivity contribution is 5.91. The molecule has 0 spiro atoms. The molecule has 1 aliphatic heterocycles. The fourth-order valence-corrected chi connectivity index (χ4v) is 3.56. The number of furan rings is 1. The number of fused-ring (bicyclic) bond motifs is 1. The summed E-state index contributed by atoms with van der Waals surface area (Å²) in [6.45, 7) is 1.19. The number of H-pyrrole nitrogens is 1. The number of benzene rings is 1. The summed E-state index contributed by atoms with van der Waals surface area (Å²) in [5.74, 6) is 0.984. The molecule has 2 aromatic heterocycles. The number of nitrogens with zero attached hydrogens (tertiary/aromatic N) is 2. The first kappa shape index (κ1) is 17.3. The van der Waals surface area contributed by atoms with E-state index >= 15 is 0 Å². The summed E-state index contributed by atoms with van der Waals surface area (Å²) >= 11 is 0. The van der Waals surface area contributed by atoms with E-state index < -0.39 is 0 Å². The Labute approximate surface area is 156 Å². The van der Waals surface area contributed by atoms with E-state index in [0.717, 1.165) is 36.2 Å². The van der Waals surface area contributed by atoms with Crippen molar-refractivity contribution < 1.29 is 14.0 Å². The van der Waals surface area contributed by atoms with Gasteiger partial charge in [0.1, 0.15) is 5.82 Å². The molecule has 7 heteroatoms. The first-order valence-corrected chi connectivity index (χ1v) is 9.28. The van der Waals surface area contributed by atoms with Gasteiger partial charge in [0.25, 0.3) is 5.91 Å². The minimum atomic E-state index is -0.256. The number of para-hydroxylation sites is 2. The monoisotopic (exact) mass is 366 g/mol. The van der Waals surface area contributed by atoms with Crippen molar-refractivity contribution in [1.82, 2.24) is 20.2 Å². The number of rotatable bonds is 6. The van der Waals surface area contributed by atoms with Gasteiger partial charge in [-0.2, -0.15) is 0 Å². The molecule has 27 heavy (non-hydrogen) atoms. The van der Waals surface area contributed by atoms with Gasteiger partial charge >= 0.3 is 0 Å². The Balaban J connectivity index is 1.31. The molecule has 1 aliphatic rings. The molecule has 0 saturated carbocycles. The van der Waals surface area contributed by atoms with Crippen LogP contribution in [0, 0.1) is 0 Å². The quantitative estimate of drug-likeness (QED) is 0.656. The number of aromatic amines is 1. The van der Waals surface area contributed by atoms with Gasteiger partial charge in [-0.15, -0.1) is 0 Å². The van der Waals surface area contributed by atoms with E-state index in [1.165, 1.54) is 6.26 Å². The molecular formula is C20H22N4O3. The van der Waals surface area contributed by atoms with Crippen molar-refractivity contribution in [2.75, 3.05) is 13.1 Å². The van der Waals surface area contributed by atoms with Crippen LogP contribution in [-0.4, -0.2) is 39.8 Å². The Morgan fingerprint density at radius 2 is 2.15 bits per heavy atom. The summed E-state index contributed by atoms with van der Waals surface area (Å²) < 4.78 is 5.05. The fourth-order valence-electron chi connectivity index (χ4n) is 3.56. The first-order chi connectivity index (χ1) is 13.2. The molecule has 3 heterocycles. The van der Waals surface area contributed by atoms with E-state index in [-0.39, 0.29) is 23.6 Å². The zero-order chi connectivity index (χ0) is 18.6. The second-order valence-electron chi connectivity index (χ2n) is 6.72. The molecule has 0 radical (unpaired) electrons. The molecule has 1 fully saturated rings. The molecular weight excluding hydrogens is 344 g/mol. The lowest BCUT2D eigenvalue weighted by Gasteiger charge is -2.23. The van der Waals surface area contributed by atoms with Crippen LogP contribution in [0.25, 0.3) is 11.0 Å². The van der Waals surface area contributed by atoms with Crippen LogP contribution >= 0.6 is 0 Å². The highest BCUT2D eigenvalue weighted by atomic mass is 16.3. The van der Waals surface area contributed by atoms with Crippen molar-refractivity contribution in [2.45, 2.75) is 31.7 Å². The molecule has 2 amide bonds. The average Bonchev–Trinajstić information content (AvgIpc) is 3.43. The maximum absolute atomic E-state index is 12.7. The third-order valence-electron chi connectivity index (χ3n) is 4.89. The molecule has 7 nitrogen and oxygen atoms in total. The van der Waals surface area contributed by atoms with Crippen molar-refractivity contribution in [2.24, 2.45) is 0 Å². The molecule has 140 valence electrons. The summed E-state index contributed by atoms with van der Waals surface area (Å²) in [7, 11) is 0. The Hall–Kier alpha value is -3.09. The summed E-state index contributed by atoms with van der Waals surface area (Å²) in [4.78, 5) is 34.4. The predicted octanol–water partition coefficient (Wildman–Crippen LogP) is 3.03. The van der Waals surface area contributed by atoms with E-state index in [1.54, 1.807) is 12.1 Å². The average molecular weight is 366 g/mol. The molecule has 0 aliphatic carbocycles. The van der Waals surface area contributed by atoms with Crippen LogP contribution in [0.4, 0.5) is 0 Å². The molecule has 1 saturated heterocycles.